The van der Waals surface area contributed by atoms with Crippen molar-refractivity contribution in [1.82, 2.24) is 10.2 Å². The van der Waals surface area contributed by atoms with Gasteiger partial charge in [0.15, 0.2) is 6.10 Å². The predicted molar refractivity (Wildman–Crippen MR) is 96.8 cm³/mol. The highest BCUT2D eigenvalue weighted by Gasteiger charge is 2.26. The van der Waals surface area contributed by atoms with Crippen molar-refractivity contribution < 1.29 is 13.9 Å². The topological polar surface area (TPSA) is 54.7 Å². The zero-order valence-corrected chi connectivity index (χ0v) is 15.0. The molecule has 0 radical (unpaired) electrons. The van der Waals surface area contributed by atoms with E-state index in [9.17, 15) is 4.79 Å². The highest BCUT2D eigenvalue weighted by molar-refractivity contribution is 6.30. The summed E-state index contributed by atoms with van der Waals surface area (Å²) in [5.41, 5.74) is 0. The molecule has 0 bridgehead atoms. The number of amides is 1. The first-order valence-corrected chi connectivity index (χ1v) is 8.98. The zero-order chi connectivity index (χ0) is 17.6. The van der Waals surface area contributed by atoms with Crippen molar-refractivity contribution in [3.8, 4) is 5.75 Å². The van der Waals surface area contributed by atoms with E-state index >= 15 is 0 Å². The van der Waals surface area contributed by atoms with E-state index in [1.165, 1.54) is 12.8 Å². The van der Waals surface area contributed by atoms with Crippen molar-refractivity contribution >= 4 is 17.5 Å². The molecule has 0 spiro atoms. The Morgan fingerprint density at radius 1 is 1.32 bits per heavy atom. The minimum Gasteiger partial charge on any atom is -0.481 e. The van der Waals surface area contributed by atoms with Gasteiger partial charge in [0, 0.05) is 11.6 Å². The van der Waals surface area contributed by atoms with Crippen LogP contribution in [-0.4, -0.2) is 36.5 Å². The molecule has 2 heterocycles. The zero-order valence-electron chi connectivity index (χ0n) is 14.3. The molecule has 0 saturated carbocycles. The molecule has 2 aromatic rings. The quantitative estimate of drug-likeness (QED) is 0.816. The molecule has 1 aromatic carbocycles. The number of benzene rings is 1. The number of nitrogens with one attached hydrogen (secondary N) is 1. The average Bonchev–Trinajstić information content (AvgIpc) is 3.29. The number of carbonyl (C=O) groups excluding carboxylic acids is 1. The molecule has 2 atom stereocenters. The number of furan rings is 1. The number of nitrogens with zero attached hydrogens (tertiary/aromatic N) is 1. The number of likely N-dealkylation sites (tertiary alicyclic amines) is 1. The number of carbonyl (C=O) groups is 1. The van der Waals surface area contributed by atoms with Crippen LogP contribution in [0.5, 0.6) is 5.75 Å². The minimum absolute atomic E-state index is 0.0554. The molecule has 1 saturated heterocycles. The van der Waals surface area contributed by atoms with Crippen LogP contribution in [0, 0.1) is 0 Å². The third-order valence-corrected chi connectivity index (χ3v) is 4.64. The van der Waals surface area contributed by atoms with Crippen molar-refractivity contribution in [2.75, 3.05) is 19.6 Å². The molecule has 134 valence electrons. The largest absolute Gasteiger partial charge is 0.481 e. The fourth-order valence-corrected chi connectivity index (χ4v) is 3.26. The van der Waals surface area contributed by atoms with Crippen LogP contribution in [0.2, 0.25) is 5.02 Å². The van der Waals surface area contributed by atoms with Gasteiger partial charge in [-0.2, -0.15) is 0 Å². The van der Waals surface area contributed by atoms with E-state index in [4.69, 9.17) is 20.8 Å². The Balaban J connectivity index is 1.57. The van der Waals surface area contributed by atoms with Crippen molar-refractivity contribution in [2.45, 2.75) is 31.9 Å². The van der Waals surface area contributed by atoms with E-state index in [1.54, 1.807) is 37.5 Å². The SMILES string of the molecule is C[C@H](Oc1cccc(Cl)c1)C(=O)NC[C@@H](c1ccco1)N1CCCC1. The van der Waals surface area contributed by atoms with Crippen molar-refractivity contribution in [2.24, 2.45) is 0 Å². The Morgan fingerprint density at radius 3 is 2.80 bits per heavy atom. The molecule has 5 nitrogen and oxygen atoms in total. The first-order valence-electron chi connectivity index (χ1n) is 8.61. The van der Waals surface area contributed by atoms with Crippen LogP contribution in [0.3, 0.4) is 0 Å². The molecule has 3 rings (SSSR count). The standard InChI is InChI=1S/C19H23ClN2O3/c1-14(25-16-7-4-6-15(20)12-16)19(23)21-13-17(18-8-5-11-24-18)22-9-2-3-10-22/h4-8,11-12,14,17H,2-3,9-10,13H2,1H3,(H,21,23)/t14-,17-/m0/s1. The molecule has 1 aliphatic rings. The normalized spacial score (nSPS) is 17.2. The lowest BCUT2D eigenvalue weighted by Gasteiger charge is -2.26. The second kappa shape index (κ2) is 8.41. The maximum Gasteiger partial charge on any atom is 0.260 e. The number of halogens is 1. The molecule has 6 heteroatoms. The first kappa shape index (κ1) is 17.8. The number of hydrogen-bond donors (Lipinski definition) is 1. The van der Waals surface area contributed by atoms with Gasteiger partial charge in [-0.05, 0) is 63.2 Å². The first-order chi connectivity index (χ1) is 12.1. The van der Waals surface area contributed by atoms with Gasteiger partial charge in [-0.25, -0.2) is 0 Å². The van der Waals surface area contributed by atoms with Gasteiger partial charge in [-0.15, -0.1) is 0 Å². The second-order valence-corrected chi connectivity index (χ2v) is 6.67. The van der Waals surface area contributed by atoms with Crippen LogP contribution >= 0.6 is 11.6 Å². The van der Waals surface area contributed by atoms with Gasteiger partial charge in [-0.3, -0.25) is 9.69 Å². The van der Waals surface area contributed by atoms with E-state index in [0.29, 0.717) is 17.3 Å². The summed E-state index contributed by atoms with van der Waals surface area (Å²) in [7, 11) is 0. The fourth-order valence-electron chi connectivity index (χ4n) is 3.08. The van der Waals surface area contributed by atoms with Crippen LogP contribution < -0.4 is 10.1 Å². The Morgan fingerprint density at radius 2 is 2.12 bits per heavy atom. The van der Waals surface area contributed by atoms with Crippen LogP contribution in [0.15, 0.2) is 47.1 Å². The van der Waals surface area contributed by atoms with Gasteiger partial charge in [-0.1, -0.05) is 17.7 Å². The number of rotatable bonds is 7. The summed E-state index contributed by atoms with van der Waals surface area (Å²) >= 11 is 5.94. The summed E-state index contributed by atoms with van der Waals surface area (Å²) < 4.78 is 11.2. The van der Waals surface area contributed by atoms with Crippen molar-refractivity contribution in [1.29, 1.82) is 0 Å². The lowest BCUT2D eigenvalue weighted by molar-refractivity contribution is -0.127. The summed E-state index contributed by atoms with van der Waals surface area (Å²) in [6.45, 7) is 4.27. The van der Waals surface area contributed by atoms with Crippen molar-refractivity contribution in [3.05, 3.63) is 53.4 Å². The van der Waals surface area contributed by atoms with Crippen LogP contribution in [0.1, 0.15) is 31.6 Å². The van der Waals surface area contributed by atoms with Gasteiger partial charge in [0.25, 0.3) is 5.91 Å². The lowest BCUT2D eigenvalue weighted by atomic mass is 10.2. The lowest BCUT2D eigenvalue weighted by Crippen LogP contribution is -2.41. The Labute approximate surface area is 152 Å². The summed E-state index contributed by atoms with van der Waals surface area (Å²) in [6.07, 6.45) is 3.43. The predicted octanol–water partition coefficient (Wildman–Crippen LogP) is 3.65. The van der Waals surface area contributed by atoms with Gasteiger partial charge in [0.05, 0.1) is 12.3 Å². The second-order valence-electron chi connectivity index (χ2n) is 6.24. The van der Waals surface area contributed by atoms with E-state index in [1.807, 2.05) is 12.1 Å². The highest BCUT2D eigenvalue weighted by Crippen LogP contribution is 2.25. The third-order valence-electron chi connectivity index (χ3n) is 4.40. The molecule has 1 amide bonds. The minimum atomic E-state index is -0.603. The molecule has 25 heavy (non-hydrogen) atoms. The van der Waals surface area contributed by atoms with E-state index in [0.717, 1.165) is 18.8 Å². The molecular weight excluding hydrogens is 340 g/mol. The Kier molecular flexibility index (Phi) is 6.00. The van der Waals surface area contributed by atoms with Gasteiger partial charge < -0.3 is 14.5 Å². The molecule has 1 aromatic heterocycles. The monoisotopic (exact) mass is 362 g/mol. The van der Waals surface area contributed by atoms with E-state index in [2.05, 4.69) is 10.2 Å². The molecule has 1 aliphatic heterocycles. The smallest absolute Gasteiger partial charge is 0.260 e. The summed E-state index contributed by atoms with van der Waals surface area (Å²) in [5.74, 6) is 1.30. The molecular formula is C19H23ClN2O3. The average molecular weight is 363 g/mol. The van der Waals surface area contributed by atoms with E-state index < -0.39 is 6.10 Å². The Hall–Kier alpha value is -1.98. The van der Waals surface area contributed by atoms with Crippen LogP contribution in [-0.2, 0) is 4.79 Å². The van der Waals surface area contributed by atoms with Crippen LogP contribution in [0.4, 0.5) is 0 Å². The number of hydrogen-bond acceptors (Lipinski definition) is 4. The maximum absolute atomic E-state index is 12.4. The molecule has 1 N–H and O–H groups in total. The van der Waals surface area contributed by atoms with Gasteiger partial charge >= 0.3 is 0 Å². The summed E-state index contributed by atoms with van der Waals surface area (Å²) in [4.78, 5) is 14.8. The Bertz CT molecular complexity index is 684. The molecule has 0 aliphatic carbocycles. The van der Waals surface area contributed by atoms with Gasteiger partial charge in [0.2, 0.25) is 0 Å². The van der Waals surface area contributed by atoms with Gasteiger partial charge in [0.1, 0.15) is 11.5 Å². The van der Waals surface area contributed by atoms with Crippen molar-refractivity contribution in [3.63, 3.8) is 0 Å². The molecule has 1 fully saturated rings. The highest BCUT2D eigenvalue weighted by atomic mass is 35.5. The van der Waals surface area contributed by atoms with Crippen LogP contribution in [0.25, 0.3) is 0 Å². The number of ether oxygens (including phenoxy) is 1. The fraction of sp³-hybridized carbons (Fsp3) is 0.421. The van der Waals surface area contributed by atoms with E-state index in [-0.39, 0.29) is 11.9 Å². The summed E-state index contributed by atoms with van der Waals surface area (Å²) in [5, 5.41) is 3.56. The molecule has 0 unspecified atom stereocenters. The maximum atomic E-state index is 12.4. The summed E-state index contributed by atoms with van der Waals surface area (Å²) in [6, 6.07) is 10.9. The third kappa shape index (κ3) is 4.77.